The molecule has 0 aliphatic carbocycles. The molecule has 0 saturated carbocycles. The zero-order valence-electron chi connectivity index (χ0n) is 10.6. The van der Waals surface area contributed by atoms with E-state index in [2.05, 4.69) is 26.3 Å². The fraction of sp³-hybridized carbons (Fsp3) is 0.231. The quantitative estimate of drug-likeness (QED) is 0.932. The molecule has 2 rings (SSSR count). The first kappa shape index (κ1) is 14.1. The number of carbonyl (C=O) groups is 1. The number of aryl methyl sites for hydroxylation is 1. The van der Waals surface area contributed by atoms with Crippen LogP contribution in [0.25, 0.3) is 0 Å². The summed E-state index contributed by atoms with van der Waals surface area (Å²) in [5.41, 5.74) is 2.47. The largest absolute Gasteiger partial charge is 0.348 e. The average molecular weight is 343 g/mol. The Balaban J connectivity index is 2.09. The summed E-state index contributed by atoms with van der Waals surface area (Å²) in [5.74, 6) is -0.199. The molecule has 0 saturated heterocycles. The number of halogens is 2. The highest BCUT2D eigenvalue weighted by Gasteiger charge is 2.12. The van der Waals surface area contributed by atoms with Gasteiger partial charge in [0.15, 0.2) is 0 Å². The van der Waals surface area contributed by atoms with Crippen molar-refractivity contribution in [1.82, 2.24) is 15.1 Å². The van der Waals surface area contributed by atoms with Gasteiger partial charge in [-0.1, -0.05) is 27.5 Å². The van der Waals surface area contributed by atoms with Gasteiger partial charge in [0, 0.05) is 29.3 Å². The molecule has 100 valence electrons. The zero-order chi connectivity index (χ0) is 14.0. The standard InChI is InChI=1S/C13H13BrClN3O/c1-8-9(7-17-18(8)2)6-16-13(19)11-5-10(14)3-4-12(11)15/h3-5,7H,6H2,1-2H3,(H,16,19). The summed E-state index contributed by atoms with van der Waals surface area (Å²) in [6.07, 6.45) is 1.75. The first-order valence-corrected chi connectivity index (χ1v) is 6.87. The van der Waals surface area contributed by atoms with Crippen LogP contribution in [-0.2, 0) is 13.6 Å². The molecular formula is C13H13BrClN3O. The van der Waals surface area contributed by atoms with Crippen molar-refractivity contribution in [1.29, 1.82) is 0 Å². The summed E-state index contributed by atoms with van der Waals surface area (Å²) in [7, 11) is 1.87. The lowest BCUT2D eigenvalue weighted by atomic mass is 10.2. The summed E-state index contributed by atoms with van der Waals surface area (Å²) in [6.45, 7) is 2.39. The van der Waals surface area contributed by atoms with E-state index < -0.39 is 0 Å². The van der Waals surface area contributed by atoms with Crippen molar-refractivity contribution in [3.8, 4) is 0 Å². The number of benzene rings is 1. The summed E-state index contributed by atoms with van der Waals surface area (Å²) in [5, 5.41) is 7.40. The van der Waals surface area contributed by atoms with E-state index in [1.54, 1.807) is 29.1 Å². The van der Waals surface area contributed by atoms with Crippen LogP contribution in [0.5, 0.6) is 0 Å². The Morgan fingerprint density at radius 3 is 2.89 bits per heavy atom. The molecule has 1 N–H and O–H groups in total. The Labute approximate surface area is 124 Å². The molecule has 0 aliphatic rings. The molecule has 0 fully saturated rings. The van der Waals surface area contributed by atoms with Gasteiger partial charge in [-0.2, -0.15) is 5.10 Å². The molecule has 0 unspecified atom stereocenters. The normalized spacial score (nSPS) is 10.5. The number of nitrogens with zero attached hydrogens (tertiary/aromatic N) is 2. The minimum absolute atomic E-state index is 0.199. The maximum absolute atomic E-state index is 12.1. The third-order valence-corrected chi connectivity index (χ3v) is 3.77. The van der Waals surface area contributed by atoms with Crippen LogP contribution in [0.2, 0.25) is 5.02 Å². The highest BCUT2D eigenvalue weighted by Crippen LogP contribution is 2.21. The Morgan fingerprint density at radius 2 is 2.26 bits per heavy atom. The fourth-order valence-corrected chi connectivity index (χ4v) is 2.22. The highest BCUT2D eigenvalue weighted by molar-refractivity contribution is 9.10. The Bertz CT molecular complexity index is 624. The van der Waals surface area contributed by atoms with Gasteiger partial charge >= 0.3 is 0 Å². The summed E-state index contributed by atoms with van der Waals surface area (Å²) in [6, 6.07) is 5.19. The van der Waals surface area contributed by atoms with Crippen molar-refractivity contribution in [2.45, 2.75) is 13.5 Å². The number of carbonyl (C=O) groups excluding carboxylic acids is 1. The van der Waals surface area contributed by atoms with Gasteiger partial charge in [0.25, 0.3) is 5.91 Å². The third-order valence-electron chi connectivity index (χ3n) is 2.95. The molecule has 0 bridgehead atoms. The second kappa shape index (κ2) is 5.75. The van der Waals surface area contributed by atoms with Gasteiger partial charge in [0.2, 0.25) is 0 Å². The SMILES string of the molecule is Cc1c(CNC(=O)c2cc(Br)ccc2Cl)cnn1C. The molecule has 0 spiro atoms. The van der Waals surface area contributed by atoms with Gasteiger partial charge in [-0.25, -0.2) is 0 Å². The topological polar surface area (TPSA) is 46.9 Å². The summed E-state index contributed by atoms with van der Waals surface area (Å²) >= 11 is 9.33. The van der Waals surface area contributed by atoms with Gasteiger partial charge in [-0.05, 0) is 25.1 Å². The van der Waals surface area contributed by atoms with E-state index in [1.807, 2.05) is 14.0 Å². The number of hydrogen-bond donors (Lipinski definition) is 1. The first-order chi connectivity index (χ1) is 8.99. The average Bonchev–Trinajstić information content (AvgIpc) is 2.70. The minimum Gasteiger partial charge on any atom is -0.348 e. The summed E-state index contributed by atoms with van der Waals surface area (Å²) in [4.78, 5) is 12.1. The van der Waals surface area contributed by atoms with Crippen LogP contribution in [-0.4, -0.2) is 15.7 Å². The molecule has 1 heterocycles. The lowest BCUT2D eigenvalue weighted by Gasteiger charge is -2.07. The van der Waals surface area contributed by atoms with Crippen molar-refractivity contribution < 1.29 is 4.79 Å². The van der Waals surface area contributed by atoms with E-state index in [9.17, 15) is 4.79 Å². The fourth-order valence-electron chi connectivity index (χ4n) is 1.66. The van der Waals surface area contributed by atoms with Crippen molar-refractivity contribution in [2.24, 2.45) is 7.05 Å². The number of rotatable bonds is 3. The van der Waals surface area contributed by atoms with Gasteiger partial charge < -0.3 is 5.32 Å². The number of hydrogen-bond acceptors (Lipinski definition) is 2. The van der Waals surface area contributed by atoms with Crippen LogP contribution in [0.3, 0.4) is 0 Å². The lowest BCUT2D eigenvalue weighted by Crippen LogP contribution is -2.23. The van der Waals surface area contributed by atoms with E-state index in [-0.39, 0.29) is 5.91 Å². The second-order valence-corrected chi connectivity index (χ2v) is 5.51. The summed E-state index contributed by atoms with van der Waals surface area (Å²) < 4.78 is 2.59. The van der Waals surface area contributed by atoms with Crippen LogP contribution < -0.4 is 5.32 Å². The predicted molar refractivity (Wildman–Crippen MR) is 78.3 cm³/mol. The minimum atomic E-state index is -0.199. The van der Waals surface area contributed by atoms with Crippen LogP contribution in [0.4, 0.5) is 0 Å². The van der Waals surface area contributed by atoms with E-state index in [0.29, 0.717) is 17.1 Å². The molecule has 6 heteroatoms. The van der Waals surface area contributed by atoms with Crippen molar-refractivity contribution >= 4 is 33.4 Å². The maximum Gasteiger partial charge on any atom is 0.253 e. The molecule has 1 aromatic heterocycles. The van der Waals surface area contributed by atoms with Crippen LogP contribution in [0.15, 0.2) is 28.9 Å². The van der Waals surface area contributed by atoms with E-state index in [0.717, 1.165) is 15.7 Å². The molecule has 2 aromatic rings. The molecular weight excluding hydrogens is 330 g/mol. The van der Waals surface area contributed by atoms with E-state index >= 15 is 0 Å². The molecule has 19 heavy (non-hydrogen) atoms. The van der Waals surface area contributed by atoms with Crippen LogP contribution >= 0.6 is 27.5 Å². The molecule has 0 atom stereocenters. The number of aromatic nitrogens is 2. The Morgan fingerprint density at radius 1 is 1.53 bits per heavy atom. The van der Waals surface area contributed by atoms with Gasteiger partial charge in [0.05, 0.1) is 16.8 Å². The maximum atomic E-state index is 12.1. The second-order valence-electron chi connectivity index (χ2n) is 4.19. The van der Waals surface area contributed by atoms with Crippen molar-refractivity contribution in [3.63, 3.8) is 0 Å². The number of amides is 1. The smallest absolute Gasteiger partial charge is 0.253 e. The van der Waals surface area contributed by atoms with E-state index in [4.69, 9.17) is 11.6 Å². The lowest BCUT2D eigenvalue weighted by molar-refractivity contribution is 0.0951. The Kier molecular flexibility index (Phi) is 4.27. The predicted octanol–water partition coefficient (Wildman–Crippen LogP) is 3.07. The van der Waals surface area contributed by atoms with Gasteiger partial charge in [-0.15, -0.1) is 0 Å². The molecule has 0 aliphatic heterocycles. The van der Waals surface area contributed by atoms with Gasteiger partial charge in [0.1, 0.15) is 0 Å². The van der Waals surface area contributed by atoms with Crippen molar-refractivity contribution in [3.05, 3.63) is 50.7 Å². The zero-order valence-corrected chi connectivity index (χ0v) is 12.9. The molecule has 1 amide bonds. The third kappa shape index (κ3) is 3.16. The monoisotopic (exact) mass is 341 g/mol. The van der Waals surface area contributed by atoms with Crippen molar-refractivity contribution in [2.75, 3.05) is 0 Å². The van der Waals surface area contributed by atoms with E-state index in [1.165, 1.54) is 0 Å². The Hall–Kier alpha value is -1.33. The number of nitrogens with one attached hydrogen (secondary N) is 1. The molecule has 4 nitrogen and oxygen atoms in total. The van der Waals surface area contributed by atoms with Crippen LogP contribution in [0, 0.1) is 6.92 Å². The molecule has 0 radical (unpaired) electrons. The first-order valence-electron chi connectivity index (χ1n) is 5.69. The molecule has 1 aromatic carbocycles. The van der Waals surface area contributed by atoms with Crippen LogP contribution in [0.1, 0.15) is 21.6 Å². The van der Waals surface area contributed by atoms with Gasteiger partial charge in [-0.3, -0.25) is 9.48 Å². The highest BCUT2D eigenvalue weighted by atomic mass is 79.9.